The first kappa shape index (κ1) is 13.2. The lowest BCUT2D eigenvalue weighted by molar-refractivity contribution is 0.0963. The number of hydrogen-bond donors (Lipinski definition) is 1. The molecule has 3 aromatic rings. The lowest BCUT2D eigenvalue weighted by Gasteiger charge is -2.07. The van der Waals surface area contributed by atoms with Gasteiger partial charge in [0, 0.05) is 36.0 Å². The zero-order valence-corrected chi connectivity index (χ0v) is 11.3. The third-order valence-corrected chi connectivity index (χ3v) is 3.24. The molecule has 2 aromatic heterocycles. The number of nitrogens with one attached hydrogen (secondary N) is 1. The minimum Gasteiger partial charge on any atom is -0.355 e. The Kier molecular flexibility index (Phi) is 3.31. The number of fused-ring (bicyclic) bond motifs is 1. The number of hydrogen-bond acceptors (Lipinski definition) is 3. The van der Waals surface area contributed by atoms with Crippen LogP contribution in [-0.2, 0) is 0 Å². The average molecular weight is 281 g/mol. The zero-order valence-electron chi connectivity index (χ0n) is 11.3. The van der Waals surface area contributed by atoms with Gasteiger partial charge < -0.3 is 5.32 Å². The highest BCUT2D eigenvalue weighted by atomic mass is 19.1. The van der Waals surface area contributed by atoms with E-state index in [0.717, 1.165) is 0 Å². The molecule has 0 aliphatic heterocycles. The maximum absolute atomic E-state index is 13.8. The Labute approximate surface area is 120 Å². The molecule has 1 amide bonds. The summed E-state index contributed by atoms with van der Waals surface area (Å²) in [5.74, 6) is -0.526. The summed E-state index contributed by atoms with van der Waals surface area (Å²) in [6.45, 7) is 0. The van der Waals surface area contributed by atoms with E-state index in [1.807, 2.05) is 0 Å². The first-order chi connectivity index (χ1) is 10.2. The van der Waals surface area contributed by atoms with Crippen LogP contribution in [0.3, 0.4) is 0 Å². The molecule has 1 aromatic carbocycles. The van der Waals surface area contributed by atoms with Crippen molar-refractivity contribution in [2.45, 2.75) is 0 Å². The van der Waals surface area contributed by atoms with Gasteiger partial charge in [0.1, 0.15) is 5.82 Å². The third kappa shape index (κ3) is 2.33. The Hall–Kier alpha value is -2.82. The summed E-state index contributed by atoms with van der Waals surface area (Å²) < 4.78 is 13.8. The second-order valence-corrected chi connectivity index (χ2v) is 4.50. The van der Waals surface area contributed by atoms with Crippen molar-refractivity contribution in [2.24, 2.45) is 0 Å². The molecule has 104 valence electrons. The van der Waals surface area contributed by atoms with Crippen molar-refractivity contribution in [1.82, 2.24) is 15.3 Å². The molecule has 0 aliphatic rings. The van der Waals surface area contributed by atoms with E-state index in [0.29, 0.717) is 27.7 Å². The summed E-state index contributed by atoms with van der Waals surface area (Å²) in [4.78, 5) is 20.2. The molecule has 2 heterocycles. The van der Waals surface area contributed by atoms with Crippen LogP contribution in [0.1, 0.15) is 10.4 Å². The molecule has 5 heteroatoms. The van der Waals surface area contributed by atoms with Gasteiger partial charge in [0.05, 0.1) is 11.2 Å². The standard InChI is InChI=1S/C16H12FN3O/c1-18-16(21)10-6-8-19-14(9-10)12-4-5-13(17)11-3-2-7-20-15(11)12/h2-9H,1H3,(H,18,21). The number of pyridine rings is 2. The van der Waals surface area contributed by atoms with Crippen LogP contribution in [0.4, 0.5) is 4.39 Å². The number of benzene rings is 1. The predicted octanol–water partition coefficient (Wildman–Crippen LogP) is 2.80. The van der Waals surface area contributed by atoms with Crippen molar-refractivity contribution in [3.05, 3.63) is 60.2 Å². The number of rotatable bonds is 2. The Morgan fingerprint density at radius 1 is 1.14 bits per heavy atom. The van der Waals surface area contributed by atoms with Gasteiger partial charge in [-0.3, -0.25) is 14.8 Å². The number of halogens is 1. The monoisotopic (exact) mass is 281 g/mol. The normalized spacial score (nSPS) is 10.6. The molecule has 21 heavy (non-hydrogen) atoms. The Balaban J connectivity index is 2.22. The molecule has 0 radical (unpaired) electrons. The molecular formula is C16H12FN3O. The molecular weight excluding hydrogens is 269 g/mol. The molecule has 0 saturated heterocycles. The van der Waals surface area contributed by atoms with Crippen molar-refractivity contribution < 1.29 is 9.18 Å². The number of carbonyl (C=O) groups excluding carboxylic acids is 1. The summed E-state index contributed by atoms with van der Waals surface area (Å²) in [5.41, 5.74) is 2.30. The number of nitrogens with zero attached hydrogens (tertiary/aromatic N) is 2. The number of aromatic nitrogens is 2. The fraction of sp³-hybridized carbons (Fsp3) is 0.0625. The molecule has 0 atom stereocenters. The summed E-state index contributed by atoms with van der Waals surface area (Å²) >= 11 is 0. The summed E-state index contributed by atoms with van der Waals surface area (Å²) in [6, 6.07) is 9.66. The fourth-order valence-electron chi connectivity index (χ4n) is 2.21. The second-order valence-electron chi connectivity index (χ2n) is 4.50. The van der Waals surface area contributed by atoms with Gasteiger partial charge >= 0.3 is 0 Å². The van der Waals surface area contributed by atoms with E-state index in [-0.39, 0.29) is 11.7 Å². The SMILES string of the molecule is CNC(=O)c1ccnc(-c2ccc(F)c3cccnc23)c1. The minimum absolute atomic E-state index is 0.196. The molecule has 1 N–H and O–H groups in total. The maximum atomic E-state index is 13.8. The molecule has 0 saturated carbocycles. The van der Waals surface area contributed by atoms with E-state index in [1.165, 1.54) is 6.07 Å². The fourth-order valence-corrected chi connectivity index (χ4v) is 2.21. The highest BCUT2D eigenvalue weighted by Gasteiger charge is 2.11. The quantitative estimate of drug-likeness (QED) is 0.786. The Bertz CT molecular complexity index is 833. The van der Waals surface area contributed by atoms with Gasteiger partial charge in [0.25, 0.3) is 5.91 Å². The van der Waals surface area contributed by atoms with Crippen LogP contribution >= 0.6 is 0 Å². The van der Waals surface area contributed by atoms with E-state index < -0.39 is 0 Å². The van der Waals surface area contributed by atoms with Crippen molar-refractivity contribution in [2.75, 3.05) is 7.05 Å². The summed E-state index contributed by atoms with van der Waals surface area (Å²) in [6.07, 6.45) is 3.16. The van der Waals surface area contributed by atoms with Gasteiger partial charge in [0.15, 0.2) is 0 Å². The second kappa shape index (κ2) is 5.28. The molecule has 0 unspecified atom stereocenters. The van der Waals surface area contributed by atoms with Gasteiger partial charge in [-0.05, 0) is 36.4 Å². The van der Waals surface area contributed by atoms with Crippen LogP contribution in [0.25, 0.3) is 22.2 Å². The molecule has 0 fully saturated rings. The predicted molar refractivity (Wildman–Crippen MR) is 78.3 cm³/mol. The molecule has 0 aliphatic carbocycles. The van der Waals surface area contributed by atoms with Gasteiger partial charge in [-0.25, -0.2) is 4.39 Å². The van der Waals surface area contributed by atoms with Crippen molar-refractivity contribution in [1.29, 1.82) is 0 Å². The van der Waals surface area contributed by atoms with Crippen LogP contribution in [0.15, 0.2) is 48.8 Å². The number of amides is 1. The average Bonchev–Trinajstić information content (AvgIpc) is 2.55. The molecule has 4 nitrogen and oxygen atoms in total. The topological polar surface area (TPSA) is 54.9 Å². The van der Waals surface area contributed by atoms with Crippen LogP contribution in [0, 0.1) is 5.82 Å². The van der Waals surface area contributed by atoms with Crippen LogP contribution in [0.5, 0.6) is 0 Å². The summed E-state index contributed by atoms with van der Waals surface area (Å²) in [7, 11) is 1.57. The van der Waals surface area contributed by atoms with E-state index in [2.05, 4.69) is 15.3 Å². The highest BCUT2D eigenvalue weighted by Crippen LogP contribution is 2.27. The highest BCUT2D eigenvalue weighted by molar-refractivity contribution is 5.97. The smallest absolute Gasteiger partial charge is 0.251 e. The minimum atomic E-state index is -0.329. The lowest BCUT2D eigenvalue weighted by Crippen LogP contribution is -2.17. The largest absolute Gasteiger partial charge is 0.355 e. The molecule has 0 bridgehead atoms. The number of carbonyl (C=O) groups is 1. The third-order valence-electron chi connectivity index (χ3n) is 3.24. The van der Waals surface area contributed by atoms with Crippen LogP contribution in [0.2, 0.25) is 0 Å². The van der Waals surface area contributed by atoms with Gasteiger partial charge in [-0.15, -0.1) is 0 Å². The van der Waals surface area contributed by atoms with E-state index in [1.54, 1.807) is 49.8 Å². The van der Waals surface area contributed by atoms with E-state index in [4.69, 9.17) is 0 Å². The van der Waals surface area contributed by atoms with Gasteiger partial charge in [-0.2, -0.15) is 0 Å². The van der Waals surface area contributed by atoms with E-state index in [9.17, 15) is 9.18 Å². The van der Waals surface area contributed by atoms with Crippen LogP contribution < -0.4 is 5.32 Å². The maximum Gasteiger partial charge on any atom is 0.251 e. The molecule has 3 rings (SSSR count). The van der Waals surface area contributed by atoms with Gasteiger partial charge in [0.2, 0.25) is 0 Å². The zero-order chi connectivity index (χ0) is 14.8. The first-order valence-electron chi connectivity index (χ1n) is 6.42. The van der Waals surface area contributed by atoms with Crippen molar-refractivity contribution >= 4 is 16.8 Å². The van der Waals surface area contributed by atoms with Gasteiger partial charge in [-0.1, -0.05) is 0 Å². The first-order valence-corrected chi connectivity index (χ1v) is 6.42. The Morgan fingerprint density at radius 3 is 2.81 bits per heavy atom. The van der Waals surface area contributed by atoms with Crippen molar-refractivity contribution in [3.63, 3.8) is 0 Å². The van der Waals surface area contributed by atoms with Crippen molar-refractivity contribution in [3.8, 4) is 11.3 Å². The van der Waals surface area contributed by atoms with E-state index >= 15 is 0 Å². The molecule has 0 spiro atoms. The Morgan fingerprint density at radius 2 is 2.00 bits per heavy atom. The van der Waals surface area contributed by atoms with Crippen LogP contribution in [-0.4, -0.2) is 22.9 Å². The summed E-state index contributed by atoms with van der Waals surface area (Å²) in [5, 5.41) is 3.00. The lowest BCUT2D eigenvalue weighted by atomic mass is 10.0.